The van der Waals surface area contributed by atoms with Crippen LogP contribution in [0, 0.1) is 0 Å². The summed E-state index contributed by atoms with van der Waals surface area (Å²) in [6.07, 6.45) is 0. The van der Waals surface area contributed by atoms with Gasteiger partial charge in [0, 0.05) is 0 Å². The predicted molar refractivity (Wildman–Crippen MR) is 50.9 cm³/mol. The third-order valence-electron chi connectivity index (χ3n) is 1.88. The molecule has 1 fully saturated rings. The van der Waals surface area contributed by atoms with Crippen molar-refractivity contribution in [3.8, 4) is 0 Å². The molecular weight excluding hydrogens is 170 g/mol. The summed E-state index contributed by atoms with van der Waals surface area (Å²) in [7, 11) is 0. The van der Waals surface area contributed by atoms with Gasteiger partial charge in [0.25, 0.3) is 5.17 Å². The first-order valence-electron chi connectivity index (χ1n) is 3.84. The van der Waals surface area contributed by atoms with Gasteiger partial charge in [0.05, 0.1) is 6.04 Å². The molecule has 2 rings (SSSR count). The summed E-state index contributed by atoms with van der Waals surface area (Å²) in [6, 6.07) is 10.4. The number of rotatable bonds is 1. The number of thiocarbonyl (C=S) groups is 1. The van der Waals surface area contributed by atoms with Crippen LogP contribution in [-0.2, 0) is 4.74 Å². The Labute approximate surface area is 76.5 Å². The van der Waals surface area contributed by atoms with Crippen LogP contribution in [0.1, 0.15) is 11.6 Å². The summed E-state index contributed by atoms with van der Waals surface area (Å²) in [4.78, 5) is 0. The number of benzene rings is 1. The van der Waals surface area contributed by atoms with Gasteiger partial charge >= 0.3 is 0 Å². The van der Waals surface area contributed by atoms with Crippen molar-refractivity contribution in [1.82, 2.24) is 5.32 Å². The molecule has 1 atom stereocenters. The molecule has 3 heteroatoms. The van der Waals surface area contributed by atoms with Crippen LogP contribution in [0.5, 0.6) is 0 Å². The minimum atomic E-state index is 0.235. The molecule has 1 aliphatic heterocycles. The van der Waals surface area contributed by atoms with Crippen molar-refractivity contribution in [2.45, 2.75) is 6.04 Å². The largest absolute Gasteiger partial charge is 0.468 e. The third kappa shape index (κ3) is 1.41. The van der Waals surface area contributed by atoms with Crippen LogP contribution in [0.25, 0.3) is 0 Å². The van der Waals surface area contributed by atoms with Gasteiger partial charge in [-0.25, -0.2) is 0 Å². The van der Waals surface area contributed by atoms with Crippen LogP contribution in [0.2, 0.25) is 0 Å². The van der Waals surface area contributed by atoms with Crippen molar-refractivity contribution < 1.29 is 4.74 Å². The number of hydrogen-bond donors (Lipinski definition) is 1. The van der Waals surface area contributed by atoms with Gasteiger partial charge in [-0.15, -0.1) is 0 Å². The molecule has 1 aromatic carbocycles. The van der Waals surface area contributed by atoms with E-state index in [1.165, 1.54) is 5.56 Å². The lowest BCUT2D eigenvalue weighted by atomic mass is 10.1. The highest BCUT2D eigenvalue weighted by Crippen LogP contribution is 2.16. The lowest BCUT2D eigenvalue weighted by Gasteiger charge is -2.06. The summed E-state index contributed by atoms with van der Waals surface area (Å²) >= 11 is 4.86. The Morgan fingerprint density at radius 1 is 1.33 bits per heavy atom. The molecule has 1 N–H and O–H groups in total. The standard InChI is InChI=1S/C9H9NOS/c12-9-10-8(6-11-9)7-4-2-1-3-5-7/h1-5,8H,6H2,(H,10,12)/t8-/m1/s1. The first kappa shape index (κ1) is 7.55. The Bertz CT molecular complexity index is 286. The van der Waals surface area contributed by atoms with Crippen molar-refractivity contribution in [3.05, 3.63) is 35.9 Å². The molecule has 1 aromatic rings. The molecule has 0 aliphatic carbocycles. The highest BCUT2D eigenvalue weighted by molar-refractivity contribution is 7.80. The van der Waals surface area contributed by atoms with E-state index >= 15 is 0 Å². The van der Waals surface area contributed by atoms with E-state index in [4.69, 9.17) is 17.0 Å². The van der Waals surface area contributed by atoms with Gasteiger partial charge in [-0.05, 0) is 17.8 Å². The molecule has 0 bridgehead atoms. The summed E-state index contributed by atoms with van der Waals surface area (Å²) in [6.45, 7) is 0.642. The van der Waals surface area contributed by atoms with Crippen LogP contribution in [0.4, 0.5) is 0 Å². The van der Waals surface area contributed by atoms with Gasteiger partial charge < -0.3 is 10.1 Å². The van der Waals surface area contributed by atoms with Crippen LogP contribution in [0.15, 0.2) is 30.3 Å². The Kier molecular flexibility index (Phi) is 1.96. The van der Waals surface area contributed by atoms with E-state index in [-0.39, 0.29) is 6.04 Å². The molecule has 1 heterocycles. The fourth-order valence-corrected chi connectivity index (χ4v) is 1.46. The second kappa shape index (κ2) is 3.11. The van der Waals surface area contributed by atoms with Crippen LogP contribution >= 0.6 is 12.2 Å². The molecule has 0 aromatic heterocycles. The molecule has 0 radical (unpaired) electrons. The van der Waals surface area contributed by atoms with E-state index in [2.05, 4.69) is 17.4 Å². The molecule has 0 amide bonds. The van der Waals surface area contributed by atoms with E-state index in [1.54, 1.807) is 0 Å². The molecule has 0 saturated carbocycles. The smallest absolute Gasteiger partial charge is 0.257 e. The van der Waals surface area contributed by atoms with Gasteiger partial charge in [0.2, 0.25) is 0 Å². The zero-order chi connectivity index (χ0) is 8.39. The average molecular weight is 179 g/mol. The zero-order valence-corrected chi connectivity index (χ0v) is 7.30. The highest BCUT2D eigenvalue weighted by Gasteiger charge is 2.20. The Hall–Kier alpha value is -1.09. The Morgan fingerprint density at radius 2 is 2.08 bits per heavy atom. The minimum Gasteiger partial charge on any atom is -0.468 e. The lowest BCUT2D eigenvalue weighted by Crippen LogP contribution is -2.17. The van der Waals surface area contributed by atoms with E-state index in [0.717, 1.165) is 0 Å². The monoisotopic (exact) mass is 179 g/mol. The molecule has 62 valence electrons. The van der Waals surface area contributed by atoms with Crippen LogP contribution < -0.4 is 5.32 Å². The second-order valence-corrected chi connectivity index (χ2v) is 3.08. The van der Waals surface area contributed by atoms with Crippen LogP contribution in [-0.4, -0.2) is 11.8 Å². The van der Waals surface area contributed by atoms with Gasteiger partial charge in [0.15, 0.2) is 0 Å². The maximum absolute atomic E-state index is 5.14. The maximum atomic E-state index is 5.14. The van der Waals surface area contributed by atoms with E-state index in [9.17, 15) is 0 Å². The molecule has 12 heavy (non-hydrogen) atoms. The number of hydrogen-bond acceptors (Lipinski definition) is 2. The van der Waals surface area contributed by atoms with Crippen molar-refractivity contribution >= 4 is 17.4 Å². The summed E-state index contributed by atoms with van der Waals surface area (Å²) in [5.74, 6) is 0. The van der Waals surface area contributed by atoms with Crippen molar-refractivity contribution in [1.29, 1.82) is 0 Å². The maximum Gasteiger partial charge on any atom is 0.257 e. The van der Waals surface area contributed by atoms with Crippen LogP contribution in [0.3, 0.4) is 0 Å². The molecule has 0 unspecified atom stereocenters. The summed E-state index contributed by atoms with van der Waals surface area (Å²) in [5.41, 5.74) is 1.22. The second-order valence-electron chi connectivity index (χ2n) is 2.71. The van der Waals surface area contributed by atoms with E-state index in [0.29, 0.717) is 11.8 Å². The fourth-order valence-electron chi connectivity index (χ4n) is 1.25. The van der Waals surface area contributed by atoms with Gasteiger partial charge in [-0.1, -0.05) is 30.3 Å². The SMILES string of the molecule is S=C1N[C@@H](c2ccccc2)CO1. The quantitative estimate of drug-likeness (QED) is 0.662. The molecule has 1 saturated heterocycles. The van der Waals surface area contributed by atoms with Crippen molar-refractivity contribution in [2.75, 3.05) is 6.61 Å². The molecular formula is C9H9NOS. The Morgan fingerprint density at radius 3 is 2.67 bits per heavy atom. The molecule has 0 spiro atoms. The first-order valence-corrected chi connectivity index (χ1v) is 4.25. The van der Waals surface area contributed by atoms with Gasteiger partial charge in [-0.3, -0.25) is 0 Å². The topological polar surface area (TPSA) is 21.3 Å². The Balaban J connectivity index is 2.16. The van der Waals surface area contributed by atoms with Gasteiger partial charge in [0.1, 0.15) is 6.61 Å². The van der Waals surface area contributed by atoms with Crippen molar-refractivity contribution in [3.63, 3.8) is 0 Å². The van der Waals surface area contributed by atoms with Crippen molar-refractivity contribution in [2.24, 2.45) is 0 Å². The average Bonchev–Trinajstić information content (AvgIpc) is 2.54. The minimum absolute atomic E-state index is 0.235. The fraction of sp³-hybridized carbons (Fsp3) is 0.222. The third-order valence-corrected chi connectivity index (χ3v) is 2.11. The van der Waals surface area contributed by atoms with E-state index < -0.39 is 0 Å². The normalized spacial score (nSPS) is 21.7. The lowest BCUT2D eigenvalue weighted by molar-refractivity contribution is 0.334. The number of ether oxygens (including phenoxy) is 1. The number of nitrogens with one attached hydrogen (secondary N) is 1. The predicted octanol–water partition coefficient (Wildman–Crippen LogP) is 1.63. The molecule has 1 aliphatic rings. The van der Waals surface area contributed by atoms with E-state index in [1.807, 2.05) is 18.2 Å². The summed E-state index contributed by atoms with van der Waals surface area (Å²) < 4.78 is 5.14. The first-order chi connectivity index (χ1) is 5.86. The highest BCUT2D eigenvalue weighted by atomic mass is 32.1. The summed E-state index contributed by atoms with van der Waals surface area (Å²) in [5, 5.41) is 3.58. The molecule has 2 nitrogen and oxygen atoms in total. The van der Waals surface area contributed by atoms with Gasteiger partial charge in [-0.2, -0.15) is 0 Å². The zero-order valence-electron chi connectivity index (χ0n) is 6.49.